The molecule has 2 amide bonds. The number of carbonyl (C=O) groups excluding carboxylic acids is 2. The lowest BCUT2D eigenvalue weighted by molar-refractivity contribution is -0.140. The van der Waals surface area contributed by atoms with Crippen LogP contribution < -0.4 is 9.62 Å². The van der Waals surface area contributed by atoms with Crippen molar-refractivity contribution in [1.82, 2.24) is 10.2 Å². The molecule has 1 N–H and O–H groups in total. The van der Waals surface area contributed by atoms with Crippen LogP contribution in [0.3, 0.4) is 0 Å². The zero-order valence-electron chi connectivity index (χ0n) is 24.0. The Bertz CT molecular complexity index is 1480. The molecule has 0 aliphatic rings. The van der Waals surface area contributed by atoms with Crippen LogP contribution >= 0.6 is 23.2 Å². The number of anilines is 1. The summed E-state index contributed by atoms with van der Waals surface area (Å²) in [6.45, 7) is 9.57. The summed E-state index contributed by atoms with van der Waals surface area (Å²) in [6.07, 6.45) is 0.337. The highest BCUT2D eigenvalue weighted by atomic mass is 35.5. The molecule has 3 aromatic rings. The third kappa shape index (κ3) is 8.24. The molecule has 0 spiro atoms. The maximum Gasteiger partial charge on any atom is 0.264 e. The van der Waals surface area contributed by atoms with Crippen LogP contribution in [-0.4, -0.2) is 44.3 Å². The zero-order valence-corrected chi connectivity index (χ0v) is 26.4. The highest BCUT2D eigenvalue weighted by molar-refractivity contribution is 7.92. The minimum absolute atomic E-state index is 0.000820. The van der Waals surface area contributed by atoms with E-state index in [1.807, 2.05) is 58.9 Å². The monoisotopic (exact) mass is 617 g/mol. The Morgan fingerprint density at radius 3 is 2.22 bits per heavy atom. The lowest BCUT2D eigenvalue weighted by Crippen LogP contribution is -2.52. The van der Waals surface area contributed by atoms with E-state index < -0.39 is 28.5 Å². The van der Waals surface area contributed by atoms with Crippen LogP contribution in [0.15, 0.2) is 71.6 Å². The van der Waals surface area contributed by atoms with Crippen molar-refractivity contribution in [2.75, 3.05) is 17.4 Å². The number of hydrogen-bond acceptors (Lipinski definition) is 4. The fourth-order valence-electron chi connectivity index (χ4n) is 4.34. The fraction of sp³-hybridized carbons (Fsp3) is 0.355. The second-order valence-corrected chi connectivity index (χ2v) is 13.1. The Hall–Kier alpha value is -3.07. The number of sulfonamides is 1. The molecule has 10 heteroatoms. The number of carbonyl (C=O) groups is 2. The first kappa shape index (κ1) is 32.4. The summed E-state index contributed by atoms with van der Waals surface area (Å²) < 4.78 is 29.0. The molecule has 0 aromatic heterocycles. The van der Waals surface area contributed by atoms with E-state index in [1.54, 1.807) is 18.2 Å². The summed E-state index contributed by atoms with van der Waals surface area (Å²) in [6, 6.07) is 17.6. The maximum absolute atomic E-state index is 14.2. The number of nitrogens with zero attached hydrogens (tertiary/aromatic N) is 2. The van der Waals surface area contributed by atoms with Crippen LogP contribution in [0, 0.1) is 19.8 Å². The number of nitrogens with one attached hydrogen (secondary N) is 1. The van der Waals surface area contributed by atoms with Crippen LogP contribution in [0.25, 0.3) is 0 Å². The molecule has 0 radical (unpaired) electrons. The quantitative estimate of drug-likeness (QED) is 0.255. The van der Waals surface area contributed by atoms with Crippen LogP contribution in [0.5, 0.6) is 0 Å². The molecule has 0 bridgehead atoms. The third-order valence-electron chi connectivity index (χ3n) is 6.74. The summed E-state index contributed by atoms with van der Waals surface area (Å²) in [5, 5.41) is 3.31. The molecule has 3 rings (SSSR count). The van der Waals surface area contributed by atoms with E-state index in [0.717, 1.165) is 21.0 Å². The van der Waals surface area contributed by atoms with Crippen LogP contribution in [0.1, 0.15) is 43.9 Å². The molecule has 0 fully saturated rings. The highest BCUT2D eigenvalue weighted by Gasteiger charge is 2.34. The van der Waals surface area contributed by atoms with E-state index in [4.69, 9.17) is 23.2 Å². The summed E-state index contributed by atoms with van der Waals surface area (Å²) in [7, 11) is -4.25. The molecule has 0 aliphatic heterocycles. The summed E-state index contributed by atoms with van der Waals surface area (Å²) in [4.78, 5) is 29.0. The van der Waals surface area contributed by atoms with Gasteiger partial charge in [0.1, 0.15) is 12.6 Å². The van der Waals surface area contributed by atoms with Gasteiger partial charge in [-0.1, -0.05) is 85.9 Å². The Balaban J connectivity index is 2.10. The second-order valence-electron chi connectivity index (χ2n) is 10.4. The minimum atomic E-state index is -4.25. The topological polar surface area (TPSA) is 86.8 Å². The van der Waals surface area contributed by atoms with Gasteiger partial charge < -0.3 is 10.2 Å². The van der Waals surface area contributed by atoms with Gasteiger partial charge in [0, 0.05) is 18.1 Å². The number of aryl methyl sites for hydroxylation is 2. The summed E-state index contributed by atoms with van der Waals surface area (Å²) >= 11 is 12.7. The number of hydrogen-bond donors (Lipinski definition) is 1. The largest absolute Gasteiger partial charge is 0.354 e. The van der Waals surface area contributed by atoms with E-state index in [0.29, 0.717) is 13.0 Å². The van der Waals surface area contributed by atoms with Crippen molar-refractivity contribution in [2.45, 2.75) is 58.5 Å². The highest BCUT2D eigenvalue weighted by Crippen LogP contribution is 2.33. The van der Waals surface area contributed by atoms with Gasteiger partial charge in [0.05, 0.1) is 15.6 Å². The fourth-order valence-corrected chi connectivity index (χ4v) is 6.20. The predicted molar refractivity (Wildman–Crippen MR) is 166 cm³/mol. The molecule has 220 valence electrons. The molecule has 7 nitrogen and oxygen atoms in total. The molecule has 0 unspecified atom stereocenters. The van der Waals surface area contributed by atoms with E-state index in [-0.39, 0.29) is 39.0 Å². The van der Waals surface area contributed by atoms with Crippen molar-refractivity contribution in [3.63, 3.8) is 0 Å². The molecular weight excluding hydrogens is 581 g/mol. The SMILES string of the molecule is CC[C@H](C(=O)NCC(C)C)N(Cc1ccccc1C)C(=O)CN(c1cc(Cl)ccc1Cl)S(=O)(=O)c1ccc(C)cc1. The average Bonchev–Trinajstić information content (AvgIpc) is 2.93. The number of halogens is 2. The predicted octanol–water partition coefficient (Wildman–Crippen LogP) is 6.39. The van der Waals surface area contributed by atoms with Crippen LogP contribution in [0.4, 0.5) is 5.69 Å². The van der Waals surface area contributed by atoms with Crippen molar-refractivity contribution in [3.05, 3.63) is 93.5 Å². The normalized spacial score (nSPS) is 12.2. The van der Waals surface area contributed by atoms with Crippen molar-refractivity contribution < 1.29 is 18.0 Å². The number of rotatable bonds is 12. The zero-order chi connectivity index (χ0) is 30.3. The second kappa shape index (κ2) is 14.2. The van der Waals surface area contributed by atoms with Crippen LogP contribution in [-0.2, 0) is 26.2 Å². The maximum atomic E-state index is 14.2. The van der Waals surface area contributed by atoms with Gasteiger partial charge in [0.15, 0.2) is 0 Å². The summed E-state index contributed by atoms with van der Waals surface area (Å²) in [5.41, 5.74) is 2.76. The van der Waals surface area contributed by atoms with Gasteiger partial charge in [0.25, 0.3) is 10.0 Å². The van der Waals surface area contributed by atoms with E-state index >= 15 is 0 Å². The van der Waals surface area contributed by atoms with E-state index in [2.05, 4.69) is 5.32 Å². The van der Waals surface area contributed by atoms with Crippen molar-refractivity contribution >= 4 is 50.7 Å². The van der Waals surface area contributed by atoms with Crippen LogP contribution in [0.2, 0.25) is 10.0 Å². The Kier molecular flexibility index (Phi) is 11.2. The van der Waals surface area contributed by atoms with Crippen molar-refractivity contribution in [2.24, 2.45) is 5.92 Å². The minimum Gasteiger partial charge on any atom is -0.354 e. The Morgan fingerprint density at radius 2 is 1.61 bits per heavy atom. The van der Waals surface area contributed by atoms with Gasteiger partial charge in [-0.25, -0.2) is 8.42 Å². The lowest BCUT2D eigenvalue weighted by atomic mass is 10.1. The van der Waals surface area contributed by atoms with Gasteiger partial charge in [-0.15, -0.1) is 0 Å². The van der Waals surface area contributed by atoms with E-state index in [1.165, 1.54) is 29.2 Å². The Labute approximate surface area is 253 Å². The summed E-state index contributed by atoms with van der Waals surface area (Å²) in [5.74, 6) is -0.625. The first-order chi connectivity index (χ1) is 19.3. The molecule has 3 aromatic carbocycles. The molecule has 0 aliphatic carbocycles. The van der Waals surface area contributed by atoms with Crippen molar-refractivity contribution in [1.29, 1.82) is 0 Å². The Morgan fingerprint density at radius 1 is 0.951 bits per heavy atom. The molecule has 1 atom stereocenters. The molecular formula is C31H37Cl2N3O4S. The molecule has 0 saturated heterocycles. The first-order valence-electron chi connectivity index (χ1n) is 13.5. The number of amides is 2. The van der Waals surface area contributed by atoms with Gasteiger partial charge in [-0.05, 0) is 67.6 Å². The molecule has 0 saturated carbocycles. The van der Waals surface area contributed by atoms with Gasteiger partial charge in [-0.2, -0.15) is 0 Å². The van der Waals surface area contributed by atoms with Gasteiger partial charge in [-0.3, -0.25) is 13.9 Å². The van der Waals surface area contributed by atoms with Gasteiger partial charge >= 0.3 is 0 Å². The van der Waals surface area contributed by atoms with E-state index in [9.17, 15) is 18.0 Å². The van der Waals surface area contributed by atoms with Crippen molar-refractivity contribution in [3.8, 4) is 0 Å². The standard InChI is InChI=1S/C31H37Cl2N3O4S/c1-6-28(31(38)34-18-21(2)3)35(19-24-10-8-7-9-23(24)5)30(37)20-36(29-17-25(32)13-16-27(29)33)41(39,40)26-14-11-22(4)12-15-26/h7-17,21,28H,6,18-20H2,1-5H3,(H,34,38)/t28-/m1/s1. The number of benzene rings is 3. The molecule has 41 heavy (non-hydrogen) atoms. The smallest absolute Gasteiger partial charge is 0.264 e. The van der Waals surface area contributed by atoms with Gasteiger partial charge in [0.2, 0.25) is 11.8 Å². The third-order valence-corrected chi connectivity index (χ3v) is 9.07. The lowest BCUT2D eigenvalue weighted by Gasteiger charge is -2.34. The average molecular weight is 619 g/mol. The molecule has 0 heterocycles. The first-order valence-corrected chi connectivity index (χ1v) is 15.7.